The summed E-state index contributed by atoms with van der Waals surface area (Å²) in [5, 5.41) is 6.46. The van der Waals surface area contributed by atoms with Gasteiger partial charge >= 0.3 is 0 Å². The second-order valence-corrected chi connectivity index (χ2v) is 5.77. The summed E-state index contributed by atoms with van der Waals surface area (Å²) in [6.07, 6.45) is 1.77. The predicted octanol–water partition coefficient (Wildman–Crippen LogP) is 1.76. The topological polar surface area (TPSA) is 66.3 Å². The van der Waals surface area contributed by atoms with Gasteiger partial charge in [-0.2, -0.15) is 0 Å². The molecule has 0 fully saturated rings. The van der Waals surface area contributed by atoms with E-state index in [4.69, 9.17) is 0 Å². The van der Waals surface area contributed by atoms with Crippen LogP contribution in [-0.2, 0) is 13.1 Å². The highest BCUT2D eigenvalue weighted by Crippen LogP contribution is 2.09. The fourth-order valence-electron chi connectivity index (χ4n) is 1.96. The van der Waals surface area contributed by atoms with E-state index in [1.54, 1.807) is 24.6 Å². The van der Waals surface area contributed by atoms with Gasteiger partial charge in [-0.1, -0.05) is 0 Å². The number of aromatic nitrogens is 3. The zero-order valence-corrected chi connectivity index (χ0v) is 13.6. The van der Waals surface area contributed by atoms with Gasteiger partial charge in [-0.3, -0.25) is 4.99 Å². The van der Waals surface area contributed by atoms with Crippen LogP contribution < -0.4 is 5.32 Å². The van der Waals surface area contributed by atoms with Crippen LogP contribution in [0.3, 0.4) is 0 Å². The molecule has 7 heteroatoms. The number of aliphatic imine (C=N–C) groups is 1. The number of rotatable bonds is 4. The molecule has 0 aromatic carbocycles. The molecule has 0 bridgehead atoms. The summed E-state index contributed by atoms with van der Waals surface area (Å²) in [4.78, 5) is 19.3. The van der Waals surface area contributed by atoms with Crippen LogP contribution in [0.4, 0.5) is 0 Å². The zero-order valence-electron chi connectivity index (χ0n) is 12.8. The maximum Gasteiger partial charge on any atom is 0.194 e. The minimum atomic E-state index is 0.621. The highest BCUT2D eigenvalue weighted by Gasteiger charge is 2.08. The van der Waals surface area contributed by atoms with Gasteiger partial charge in [0, 0.05) is 25.7 Å². The summed E-state index contributed by atoms with van der Waals surface area (Å²) in [5.41, 5.74) is 2.00. The summed E-state index contributed by atoms with van der Waals surface area (Å²) < 4.78 is 0. The molecule has 0 aliphatic rings. The van der Waals surface area contributed by atoms with E-state index in [-0.39, 0.29) is 0 Å². The molecule has 2 aromatic rings. The van der Waals surface area contributed by atoms with Crippen molar-refractivity contribution in [2.24, 2.45) is 4.99 Å². The molecule has 0 amide bonds. The molecule has 0 spiro atoms. The van der Waals surface area contributed by atoms with Crippen LogP contribution in [0.15, 0.2) is 22.6 Å². The van der Waals surface area contributed by atoms with Gasteiger partial charge in [-0.25, -0.2) is 15.0 Å². The van der Waals surface area contributed by atoms with Crippen molar-refractivity contribution in [3.63, 3.8) is 0 Å². The Bertz CT molecular complexity index is 621. The van der Waals surface area contributed by atoms with Crippen molar-refractivity contribution in [2.45, 2.75) is 26.9 Å². The number of hydrogen-bond acceptors (Lipinski definition) is 5. The minimum Gasteiger partial charge on any atom is -0.351 e. The van der Waals surface area contributed by atoms with Crippen molar-refractivity contribution in [2.75, 3.05) is 14.1 Å². The van der Waals surface area contributed by atoms with Crippen molar-refractivity contribution in [1.29, 1.82) is 0 Å². The van der Waals surface area contributed by atoms with E-state index in [1.165, 1.54) is 0 Å². The van der Waals surface area contributed by atoms with E-state index >= 15 is 0 Å². The van der Waals surface area contributed by atoms with Crippen LogP contribution in [0.1, 0.15) is 22.2 Å². The van der Waals surface area contributed by atoms with Gasteiger partial charge in [0.05, 0.1) is 29.5 Å². The third kappa shape index (κ3) is 4.49. The molecule has 0 radical (unpaired) electrons. The molecule has 2 heterocycles. The summed E-state index contributed by atoms with van der Waals surface area (Å²) in [6.45, 7) is 5.25. The van der Waals surface area contributed by atoms with Crippen LogP contribution in [-0.4, -0.2) is 39.9 Å². The normalized spacial score (nSPS) is 11.5. The van der Waals surface area contributed by atoms with Gasteiger partial charge in [-0.05, 0) is 19.9 Å². The maximum absolute atomic E-state index is 4.47. The molecule has 6 nitrogen and oxygen atoms in total. The number of aryl methyl sites for hydroxylation is 2. The average Bonchev–Trinajstić information content (AvgIpc) is 2.85. The van der Waals surface area contributed by atoms with Gasteiger partial charge < -0.3 is 10.2 Å². The molecule has 0 aliphatic carbocycles. The van der Waals surface area contributed by atoms with E-state index in [0.717, 1.165) is 34.7 Å². The first-order chi connectivity index (χ1) is 10.1. The Morgan fingerprint density at radius 1 is 1.33 bits per heavy atom. The van der Waals surface area contributed by atoms with Gasteiger partial charge in [0.25, 0.3) is 0 Å². The van der Waals surface area contributed by atoms with Gasteiger partial charge in [0.2, 0.25) is 0 Å². The van der Waals surface area contributed by atoms with Gasteiger partial charge in [0.1, 0.15) is 5.82 Å². The lowest BCUT2D eigenvalue weighted by molar-refractivity contribution is 0.470. The molecule has 1 N–H and O–H groups in total. The third-order valence-electron chi connectivity index (χ3n) is 2.90. The fourth-order valence-corrected chi connectivity index (χ4v) is 2.56. The lowest BCUT2D eigenvalue weighted by Crippen LogP contribution is -2.38. The Morgan fingerprint density at radius 2 is 2.14 bits per heavy atom. The Balaban J connectivity index is 1.93. The zero-order chi connectivity index (χ0) is 15.2. The second kappa shape index (κ2) is 7.12. The van der Waals surface area contributed by atoms with Crippen LogP contribution in [0.5, 0.6) is 0 Å². The van der Waals surface area contributed by atoms with Crippen LogP contribution in [0.2, 0.25) is 0 Å². The summed E-state index contributed by atoms with van der Waals surface area (Å²) >= 11 is 1.66. The molecule has 0 saturated heterocycles. The largest absolute Gasteiger partial charge is 0.351 e. The van der Waals surface area contributed by atoms with E-state index in [9.17, 15) is 0 Å². The van der Waals surface area contributed by atoms with Crippen molar-refractivity contribution < 1.29 is 0 Å². The molecule has 0 atom stereocenters. The highest BCUT2D eigenvalue weighted by atomic mass is 32.1. The molecule has 0 unspecified atom stereocenters. The number of hydrogen-bond donors (Lipinski definition) is 1. The van der Waals surface area contributed by atoms with Crippen LogP contribution >= 0.6 is 11.3 Å². The molecule has 0 saturated carbocycles. The number of thiazole rings is 1. The highest BCUT2D eigenvalue weighted by molar-refractivity contribution is 7.09. The van der Waals surface area contributed by atoms with Crippen molar-refractivity contribution in [3.05, 3.63) is 39.9 Å². The van der Waals surface area contributed by atoms with Crippen LogP contribution in [0, 0.1) is 13.8 Å². The van der Waals surface area contributed by atoms with Crippen molar-refractivity contribution in [1.82, 2.24) is 25.2 Å². The Hall–Kier alpha value is -2.02. The first kappa shape index (κ1) is 15.4. The van der Waals surface area contributed by atoms with E-state index in [0.29, 0.717) is 6.54 Å². The quantitative estimate of drug-likeness (QED) is 0.688. The molecule has 21 heavy (non-hydrogen) atoms. The van der Waals surface area contributed by atoms with Gasteiger partial charge in [0.15, 0.2) is 5.96 Å². The predicted molar refractivity (Wildman–Crippen MR) is 85.3 cm³/mol. The van der Waals surface area contributed by atoms with Crippen LogP contribution in [0.25, 0.3) is 0 Å². The standard InChI is InChI=1S/C14H20N6S/c1-10-16-6-5-12(18-10)7-17-14(15-3)20(4)8-13-9-21-11(2)19-13/h5-6,9H,7-8H2,1-4H3,(H,15,17). The number of nitrogens with one attached hydrogen (secondary N) is 1. The molecule has 0 aliphatic heterocycles. The molecular formula is C14H20N6S. The molecule has 112 valence electrons. The lowest BCUT2D eigenvalue weighted by atomic mass is 10.4. The van der Waals surface area contributed by atoms with E-state index in [1.807, 2.05) is 31.9 Å². The van der Waals surface area contributed by atoms with Gasteiger partial charge in [-0.15, -0.1) is 11.3 Å². The Kier molecular flexibility index (Phi) is 5.21. The Labute approximate surface area is 129 Å². The first-order valence-corrected chi connectivity index (χ1v) is 7.57. The SMILES string of the molecule is CN=C(NCc1ccnc(C)n1)N(C)Cc1csc(C)n1. The summed E-state index contributed by atoms with van der Waals surface area (Å²) in [6, 6.07) is 1.90. The first-order valence-electron chi connectivity index (χ1n) is 6.70. The maximum atomic E-state index is 4.47. The molecule has 2 aromatic heterocycles. The summed E-state index contributed by atoms with van der Waals surface area (Å²) in [7, 11) is 3.77. The third-order valence-corrected chi connectivity index (χ3v) is 3.72. The lowest BCUT2D eigenvalue weighted by Gasteiger charge is -2.21. The monoisotopic (exact) mass is 304 g/mol. The average molecular weight is 304 g/mol. The second-order valence-electron chi connectivity index (χ2n) is 4.71. The number of guanidine groups is 1. The fraction of sp³-hybridized carbons (Fsp3) is 0.429. The molecular weight excluding hydrogens is 284 g/mol. The number of nitrogens with zero attached hydrogens (tertiary/aromatic N) is 5. The summed E-state index contributed by atoms with van der Waals surface area (Å²) in [5.74, 6) is 1.59. The van der Waals surface area contributed by atoms with Crippen molar-refractivity contribution >= 4 is 17.3 Å². The Morgan fingerprint density at radius 3 is 2.76 bits per heavy atom. The smallest absolute Gasteiger partial charge is 0.194 e. The molecule has 2 rings (SSSR count). The van der Waals surface area contributed by atoms with Crippen molar-refractivity contribution in [3.8, 4) is 0 Å². The van der Waals surface area contributed by atoms with E-state index < -0.39 is 0 Å². The van der Waals surface area contributed by atoms with E-state index in [2.05, 4.69) is 30.6 Å². The minimum absolute atomic E-state index is 0.621.